The molecule has 1 aromatic heterocycles. The van der Waals surface area contributed by atoms with Crippen molar-refractivity contribution in [2.75, 3.05) is 6.61 Å². The fraction of sp³-hybridized carbons (Fsp3) is 0.250. The van der Waals surface area contributed by atoms with E-state index in [0.717, 1.165) is 26.7 Å². The summed E-state index contributed by atoms with van der Waals surface area (Å²) in [6.07, 6.45) is 0. The maximum absolute atomic E-state index is 5.97. The number of benzene rings is 1. The normalized spacial score (nSPS) is 10.8. The van der Waals surface area contributed by atoms with Crippen LogP contribution in [0.4, 0.5) is 0 Å². The Bertz CT molecular complexity index is 542. The van der Waals surface area contributed by atoms with E-state index in [2.05, 4.69) is 20.9 Å². The fourth-order valence-corrected chi connectivity index (χ4v) is 2.43. The van der Waals surface area contributed by atoms with Gasteiger partial charge in [0, 0.05) is 15.9 Å². The first kappa shape index (κ1) is 11.7. The Morgan fingerprint density at radius 2 is 2.12 bits per heavy atom. The molecule has 2 aromatic rings. The van der Waals surface area contributed by atoms with E-state index < -0.39 is 0 Å². The molecule has 0 aliphatic carbocycles. The molecule has 16 heavy (non-hydrogen) atoms. The van der Waals surface area contributed by atoms with Crippen LogP contribution in [0, 0.1) is 6.92 Å². The molecule has 1 heterocycles. The van der Waals surface area contributed by atoms with Crippen LogP contribution in [-0.4, -0.2) is 11.6 Å². The van der Waals surface area contributed by atoms with Crippen LogP contribution in [-0.2, 0) is 0 Å². The summed E-state index contributed by atoms with van der Waals surface area (Å²) in [7, 11) is 0. The number of halogens is 2. The van der Waals surface area contributed by atoms with Crippen molar-refractivity contribution < 1.29 is 4.74 Å². The highest BCUT2D eigenvalue weighted by molar-refractivity contribution is 9.10. The summed E-state index contributed by atoms with van der Waals surface area (Å²) in [5.41, 5.74) is 1.96. The molecule has 0 unspecified atom stereocenters. The van der Waals surface area contributed by atoms with Gasteiger partial charge in [-0.1, -0.05) is 27.5 Å². The number of hydrogen-bond acceptors (Lipinski definition) is 2. The second-order valence-corrected chi connectivity index (χ2v) is 4.80. The van der Waals surface area contributed by atoms with Crippen molar-refractivity contribution in [3.05, 3.63) is 33.4 Å². The van der Waals surface area contributed by atoms with Gasteiger partial charge >= 0.3 is 0 Å². The molecule has 0 saturated carbocycles. The van der Waals surface area contributed by atoms with Crippen LogP contribution in [0.25, 0.3) is 10.9 Å². The summed E-state index contributed by atoms with van der Waals surface area (Å²) in [5, 5.41) is 1.44. The highest BCUT2D eigenvalue weighted by atomic mass is 79.9. The molecule has 0 atom stereocenters. The first-order valence-corrected chi connectivity index (χ1v) is 6.18. The monoisotopic (exact) mass is 299 g/mol. The van der Waals surface area contributed by atoms with Gasteiger partial charge in [0.25, 0.3) is 0 Å². The zero-order valence-corrected chi connectivity index (χ0v) is 11.4. The third-order valence-corrected chi connectivity index (χ3v) is 2.95. The predicted octanol–water partition coefficient (Wildman–Crippen LogP) is 4.36. The molecule has 0 fully saturated rings. The number of aromatic nitrogens is 1. The third kappa shape index (κ3) is 2.15. The van der Waals surface area contributed by atoms with Crippen molar-refractivity contribution in [3.8, 4) is 5.75 Å². The maximum Gasteiger partial charge on any atom is 0.133 e. The molecule has 0 bridgehead atoms. The van der Waals surface area contributed by atoms with Crippen molar-refractivity contribution in [2.24, 2.45) is 0 Å². The largest absolute Gasteiger partial charge is 0.493 e. The first-order valence-electron chi connectivity index (χ1n) is 5.01. The number of aryl methyl sites for hydroxylation is 1. The topological polar surface area (TPSA) is 22.1 Å². The van der Waals surface area contributed by atoms with Crippen molar-refractivity contribution in [2.45, 2.75) is 13.8 Å². The molecule has 0 aliphatic heterocycles. The van der Waals surface area contributed by atoms with E-state index in [1.54, 1.807) is 6.07 Å². The Kier molecular flexibility index (Phi) is 3.36. The molecule has 0 saturated heterocycles. The number of fused-ring (bicyclic) bond motifs is 1. The van der Waals surface area contributed by atoms with Gasteiger partial charge in [0.15, 0.2) is 0 Å². The maximum atomic E-state index is 5.97. The molecule has 0 spiro atoms. The van der Waals surface area contributed by atoms with Crippen molar-refractivity contribution in [1.82, 2.24) is 4.98 Å². The zero-order valence-electron chi connectivity index (χ0n) is 9.05. The fourth-order valence-electron chi connectivity index (χ4n) is 1.67. The van der Waals surface area contributed by atoms with Crippen LogP contribution in [0.3, 0.4) is 0 Å². The summed E-state index contributed by atoms with van der Waals surface area (Å²) >= 11 is 9.44. The lowest BCUT2D eigenvalue weighted by Crippen LogP contribution is -1.95. The van der Waals surface area contributed by atoms with Gasteiger partial charge in [-0.05, 0) is 31.5 Å². The zero-order chi connectivity index (χ0) is 11.7. The molecular formula is C12H11BrClNO. The van der Waals surface area contributed by atoms with Crippen LogP contribution in [0.5, 0.6) is 5.75 Å². The van der Waals surface area contributed by atoms with Gasteiger partial charge in [0.05, 0.1) is 12.1 Å². The molecule has 4 heteroatoms. The second-order valence-electron chi connectivity index (χ2n) is 3.49. The van der Waals surface area contributed by atoms with E-state index in [9.17, 15) is 0 Å². The SMILES string of the molecule is CCOc1cc(Cl)nc2c(C)cc(Br)cc12. The lowest BCUT2D eigenvalue weighted by atomic mass is 10.1. The number of pyridine rings is 1. The van der Waals surface area contributed by atoms with Gasteiger partial charge < -0.3 is 4.74 Å². The quantitative estimate of drug-likeness (QED) is 0.769. The molecule has 0 radical (unpaired) electrons. The van der Waals surface area contributed by atoms with Crippen molar-refractivity contribution in [3.63, 3.8) is 0 Å². The highest BCUT2D eigenvalue weighted by Gasteiger charge is 2.08. The summed E-state index contributed by atoms with van der Waals surface area (Å²) in [6.45, 7) is 4.57. The number of nitrogens with zero attached hydrogens (tertiary/aromatic N) is 1. The van der Waals surface area contributed by atoms with Gasteiger partial charge in [-0.2, -0.15) is 0 Å². The van der Waals surface area contributed by atoms with Gasteiger partial charge in [-0.15, -0.1) is 0 Å². The molecule has 84 valence electrons. The minimum atomic E-state index is 0.460. The van der Waals surface area contributed by atoms with E-state index in [1.807, 2.05) is 26.0 Å². The molecule has 1 aromatic carbocycles. The summed E-state index contributed by atoms with van der Waals surface area (Å²) in [4.78, 5) is 4.32. The van der Waals surface area contributed by atoms with Gasteiger partial charge in [-0.3, -0.25) is 0 Å². The van der Waals surface area contributed by atoms with Crippen LogP contribution >= 0.6 is 27.5 Å². The smallest absolute Gasteiger partial charge is 0.133 e. The Morgan fingerprint density at radius 1 is 1.38 bits per heavy atom. The Hall–Kier alpha value is -0.800. The predicted molar refractivity (Wildman–Crippen MR) is 70.4 cm³/mol. The van der Waals surface area contributed by atoms with Gasteiger partial charge in [-0.25, -0.2) is 4.98 Å². The average molecular weight is 301 g/mol. The van der Waals surface area contributed by atoms with Crippen LogP contribution in [0.2, 0.25) is 5.15 Å². The van der Waals surface area contributed by atoms with Crippen LogP contribution in [0.15, 0.2) is 22.7 Å². The number of ether oxygens (including phenoxy) is 1. The molecule has 0 amide bonds. The van der Waals surface area contributed by atoms with Crippen molar-refractivity contribution >= 4 is 38.4 Å². The lowest BCUT2D eigenvalue weighted by molar-refractivity contribution is 0.344. The van der Waals surface area contributed by atoms with E-state index in [4.69, 9.17) is 16.3 Å². The summed E-state index contributed by atoms with van der Waals surface area (Å²) in [5.74, 6) is 0.780. The number of hydrogen-bond donors (Lipinski definition) is 0. The van der Waals surface area contributed by atoms with E-state index in [0.29, 0.717) is 11.8 Å². The molecule has 2 nitrogen and oxygen atoms in total. The van der Waals surface area contributed by atoms with E-state index in [1.165, 1.54) is 0 Å². The minimum Gasteiger partial charge on any atom is -0.493 e. The second kappa shape index (κ2) is 4.60. The molecular weight excluding hydrogens is 289 g/mol. The molecule has 0 N–H and O–H groups in total. The third-order valence-electron chi connectivity index (χ3n) is 2.30. The van der Waals surface area contributed by atoms with Gasteiger partial charge in [0.2, 0.25) is 0 Å². The van der Waals surface area contributed by atoms with E-state index in [-0.39, 0.29) is 0 Å². The summed E-state index contributed by atoms with van der Waals surface area (Å²) < 4.78 is 6.58. The lowest BCUT2D eigenvalue weighted by Gasteiger charge is -2.09. The average Bonchev–Trinajstić information content (AvgIpc) is 2.20. The first-order chi connectivity index (χ1) is 7.61. The summed E-state index contributed by atoms with van der Waals surface area (Å²) in [6, 6.07) is 5.76. The van der Waals surface area contributed by atoms with Crippen LogP contribution in [0.1, 0.15) is 12.5 Å². The number of rotatable bonds is 2. The van der Waals surface area contributed by atoms with Crippen LogP contribution < -0.4 is 4.74 Å². The standard InChI is InChI=1S/C12H11BrClNO/c1-3-16-10-6-11(14)15-12-7(2)4-8(13)5-9(10)12/h4-6H,3H2,1-2H3. The molecule has 0 aliphatic rings. The minimum absolute atomic E-state index is 0.460. The Labute approximate surface area is 108 Å². The Morgan fingerprint density at radius 3 is 2.81 bits per heavy atom. The highest BCUT2D eigenvalue weighted by Crippen LogP contribution is 2.32. The molecule has 2 rings (SSSR count). The van der Waals surface area contributed by atoms with E-state index >= 15 is 0 Å². The van der Waals surface area contributed by atoms with Gasteiger partial charge in [0.1, 0.15) is 10.9 Å². The Balaban J connectivity index is 2.78. The van der Waals surface area contributed by atoms with Crippen molar-refractivity contribution in [1.29, 1.82) is 0 Å².